The van der Waals surface area contributed by atoms with Crippen molar-refractivity contribution in [3.63, 3.8) is 0 Å². The van der Waals surface area contributed by atoms with Gasteiger partial charge in [-0.1, -0.05) is 30.3 Å². The van der Waals surface area contributed by atoms with Gasteiger partial charge in [0, 0.05) is 0 Å². The van der Waals surface area contributed by atoms with Gasteiger partial charge in [0.2, 0.25) is 0 Å². The van der Waals surface area contributed by atoms with E-state index in [9.17, 15) is 4.79 Å². The zero-order valence-electron chi connectivity index (χ0n) is 10.1. The van der Waals surface area contributed by atoms with E-state index in [2.05, 4.69) is 0 Å². The van der Waals surface area contributed by atoms with Gasteiger partial charge in [0.05, 0.1) is 0 Å². The maximum Gasteiger partial charge on any atom is 0.326 e. The molecule has 0 aliphatic carbocycles. The number of rotatable bonds is 4. The molecule has 0 amide bonds. The summed E-state index contributed by atoms with van der Waals surface area (Å²) in [6.45, 7) is 1.36. The quantitative estimate of drug-likeness (QED) is 0.864. The number of aliphatic carboxylic acids is 1. The van der Waals surface area contributed by atoms with Crippen LogP contribution in [0, 0.1) is 0 Å². The monoisotopic (exact) mass is 245 g/mol. The summed E-state index contributed by atoms with van der Waals surface area (Å²) < 4.78 is 5.43. The van der Waals surface area contributed by atoms with E-state index in [4.69, 9.17) is 15.6 Å². The highest BCUT2D eigenvalue weighted by atomic mass is 16.5. The summed E-state index contributed by atoms with van der Waals surface area (Å²) in [6, 6.07) is 13.5. The molecule has 0 heterocycles. The molecule has 0 fully saturated rings. The van der Waals surface area contributed by atoms with E-state index < -0.39 is 11.5 Å². The van der Waals surface area contributed by atoms with Gasteiger partial charge in [-0.15, -0.1) is 0 Å². The number of fused-ring (bicyclic) bond motifs is 1. The molecule has 1 unspecified atom stereocenters. The molecule has 2 aromatic carbocycles. The van der Waals surface area contributed by atoms with Crippen LogP contribution in [0.1, 0.15) is 6.92 Å². The summed E-state index contributed by atoms with van der Waals surface area (Å²) >= 11 is 0. The molecule has 0 saturated heterocycles. The number of ether oxygens (including phenoxy) is 1. The fourth-order valence-electron chi connectivity index (χ4n) is 1.55. The molecule has 3 N–H and O–H groups in total. The second-order valence-corrected chi connectivity index (χ2v) is 4.52. The van der Waals surface area contributed by atoms with Crippen LogP contribution < -0.4 is 10.5 Å². The van der Waals surface area contributed by atoms with Crippen molar-refractivity contribution in [1.29, 1.82) is 0 Å². The number of carboxylic acids is 1. The lowest BCUT2D eigenvalue weighted by Gasteiger charge is -2.19. The fraction of sp³-hybridized carbons (Fsp3) is 0.214. The molecule has 1 atom stereocenters. The van der Waals surface area contributed by atoms with Gasteiger partial charge in [0.15, 0.2) is 0 Å². The zero-order chi connectivity index (χ0) is 13.2. The van der Waals surface area contributed by atoms with Crippen molar-refractivity contribution in [1.82, 2.24) is 0 Å². The molecular formula is C14H15NO3. The van der Waals surface area contributed by atoms with Crippen molar-refractivity contribution in [2.24, 2.45) is 5.73 Å². The molecule has 18 heavy (non-hydrogen) atoms. The smallest absolute Gasteiger partial charge is 0.326 e. The molecule has 0 saturated carbocycles. The topological polar surface area (TPSA) is 72.5 Å². The van der Waals surface area contributed by atoms with E-state index in [1.807, 2.05) is 36.4 Å². The average Bonchev–Trinajstić information content (AvgIpc) is 2.36. The molecule has 0 spiro atoms. The second kappa shape index (κ2) is 4.66. The van der Waals surface area contributed by atoms with Gasteiger partial charge in [-0.25, -0.2) is 0 Å². The first kappa shape index (κ1) is 12.4. The van der Waals surface area contributed by atoms with Crippen molar-refractivity contribution >= 4 is 16.7 Å². The third kappa shape index (κ3) is 2.60. The first-order valence-corrected chi connectivity index (χ1v) is 5.63. The summed E-state index contributed by atoms with van der Waals surface area (Å²) in [5.74, 6) is -0.463. The Morgan fingerprint density at radius 3 is 2.61 bits per heavy atom. The largest absolute Gasteiger partial charge is 0.491 e. The fourth-order valence-corrected chi connectivity index (χ4v) is 1.55. The Bertz CT molecular complexity index is 578. The molecule has 0 aliphatic rings. The van der Waals surface area contributed by atoms with Crippen LogP contribution in [0.15, 0.2) is 42.5 Å². The summed E-state index contributed by atoms with van der Waals surface area (Å²) in [4.78, 5) is 10.8. The van der Waals surface area contributed by atoms with Crippen LogP contribution in [0.3, 0.4) is 0 Å². The maximum absolute atomic E-state index is 10.8. The maximum atomic E-state index is 10.8. The Labute approximate surface area is 105 Å². The van der Waals surface area contributed by atoms with Gasteiger partial charge in [0.1, 0.15) is 17.9 Å². The predicted octanol–water partition coefficient (Wildman–Crippen LogP) is 2.02. The highest BCUT2D eigenvalue weighted by Gasteiger charge is 2.28. The molecule has 0 bridgehead atoms. The van der Waals surface area contributed by atoms with Crippen molar-refractivity contribution < 1.29 is 14.6 Å². The Morgan fingerprint density at radius 2 is 1.94 bits per heavy atom. The third-order valence-electron chi connectivity index (χ3n) is 2.75. The lowest BCUT2D eigenvalue weighted by Crippen LogP contribution is -2.49. The zero-order valence-corrected chi connectivity index (χ0v) is 10.1. The van der Waals surface area contributed by atoms with Gasteiger partial charge < -0.3 is 15.6 Å². The Balaban J connectivity index is 2.15. The summed E-state index contributed by atoms with van der Waals surface area (Å²) in [6.07, 6.45) is 0. The van der Waals surface area contributed by atoms with Gasteiger partial charge in [-0.3, -0.25) is 4.79 Å². The van der Waals surface area contributed by atoms with Gasteiger partial charge >= 0.3 is 5.97 Å². The van der Waals surface area contributed by atoms with E-state index in [0.717, 1.165) is 10.8 Å². The number of carboxylic acid groups (broad SMARTS) is 1. The van der Waals surface area contributed by atoms with Gasteiger partial charge in [0.25, 0.3) is 0 Å². The molecule has 0 radical (unpaired) electrons. The van der Waals surface area contributed by atoms with Crippen LogP contribution in [-0.2, 0) is 4.79 Å². The molecule has 0 aromatic heterocycles. The highest BCUT2D eigenvalue weighted by Crippen LogP contribution is 2.21. The first-order chi connectivity index (χ1) is 8.49. The minimum Gasteiger partial charge on any atom is -0.491 e. The van der Waals surface area contributed by atoms with Crippen LogP contribution in [0.25, 0.3) is 10.8 Å². The van der Waals surface area contributed by atoms with Crippen LogP contribution in [0.2, 0.25) is 0 Å². The Hall–Kier alpha value is -2.07. The Morgan fingerprint density at radius 1 is 1.28 bits per heavy atom. The standard InChI is InChI=1S/C14H15NO3/c1-14(15,13(16)17)9-18-12-7-6-10-4-2-3-5-11(10)8-12/h2-8H,9,15H2,1H3,(H,16,17). The molecule has 0 aliphatic heterocycles. The van der Waals surface area contributed by atoms with E-state index in [1.54, 1.807) is 6.07 Å². The minimum atomic E-state index is -1.38. The van der Waals surface area contributed by atoms with Crippen molar-refractivity contribution in [2.45, 2.75) is 12.5 Å². The number of hydrogen-bond donors (Lipinski definition) is 2. The first-order valence-electron chi connectivity index (χ1n) is 5.63. The number of nitrogens with two attached hydrogens (primary N) is 1. The lowest BCUT2D eigenvalue weighted by molar-refractivity contribution is -0.143. The average molecular weight is 245 g/mol. The van der Waals surface area contributed by atoms with E-state index in [0.29, 0.717) is 5.75 Å². The van der Waals surface area contributed by atoms with Gasteiger partial charge in [-0.2, -0.15) is 0 Å². The Kier molecular flexibility index (Phi) is 3.21. The van der Waals surface area contributed by atoms with Crippen molar-refractivity contribution in [3.8, 4) is 5.75 Å². The number of carbonyl (C=O) groups is 1. The molecule has 2 rings (SSSR count). The van der Waals surface area contributed by atoms with Crippen molar-refractivity contribution in [3.05, 3.63) is 42.5 Å². The van der Waals surface area contributed by atoms with Crippen LogP contribution >= 0.6 is 0 Å². The lowest BCUT2D eigenvalue weighted by atomic mass is 10.1. The second-order valence-electron chi connectivity index (χ2n) is 4.52. The molecule has 4 heteroatoms. The molecule has 4 nitrogen and oxygen atoms in total. The third-order valence-corrected chi connectivity index (χ3v) is 2.75. The predicted molar refractivity (Wildman–Crippen MR) is 69.7 cm³/mol. The van der Waals surface area contributed by atoms with Crippen LogP contribution in [0.4, 0.5) is 0 Å². The van der Waals surface area contributed by atoms with E-state index in [-0.39, 0.29) is 6.61 Å². The van der Waals surface area contributed by atoms with Crippen LogP contribution in [-0.4, -0.2) is 23.2 Å². The van der Waals surface area contributed by atoms with E-state index in [1.165, 1.54) is 6.92 Å². The normalized spacial score (nSPS) is 14.1. The molecule has 94 valence electrons. The van der Waals surface area contributed by atoms with Crippen molar-refractivity contribution in [2.75, 3.05) is 6.61 Å². The summed E-state index contributed by atoms with van der Waals surface area (Å²) in [5, 5.41) is 11.0. The van der Waals surface area contributed by atoms with Crippen LogP contribution in [0.5, 0.6) is 5.75 Å². The summed E-state index contributed by atoms with van der Waals surface area (Å²) in [7, 11) is 0. The van der Waals surface area contributed by atoms with Gasteiger partial charge in [-0.05, 0) is 29.8 Å². The SMILES string of the molecule is CC(N)(COc1ccc2ccccc2c1)C(=O)O. The summed E-state index contributed by atoms with van der Waals surface area (Å²) in [5.41, 5.74) is 4.21. The molecule has 2 aromatic rings. The molecular weight excluding hydrogens is 230 g/mol. The number of benzene rings is 2. The minimum absolute atomic E-state index is 0.0688. The van der Waals surface area contributed by atoms with E-state index >= 15 is 0 Å². The highest BCUT2D eigenvalue weighted by molar-refractivity contribution is 5.83. The number of hydrogen-bond acceptors (Lipinski definition) is 3.